The van der Waals surface area contributed by atoms with Gasteiger partial charge in [0.05, 0.1) is 24.0 Å². The van der Waals surface area contributed by atoms with Crippen LogP contribution in [0.25, 0.3) is 0 Å². The predicted octanol–water partition coefficient (Wildman–Crippen LogP) is 5.08. The minimum absolute atomic E-state index is 0.164. The van der Waals surface area contributed by atoms with Gasteiger partial charge in [0.15, 0.2) is 0 Å². The van der Waals surface area contributed by atoms with Crippen LogP contribution in [-0.2, 0) is 4.79 Å². The zero-order chi connectivity index (χ0) is 25.2. The molecular weight excluding hydrogens is 458 g/mol. The Hall–Kier alpha value is -3.58. The molecule has 2 aliphatic heterocycles. The maximum atomic E-state index is 14.8. The Kier molecular flexibility index (Phi) is 6.83. The van der Waals surface area contributed by atoms with E-state index in [2.05, 4.69) is 11.0 Å². The predicted molar refractivity (Wildman–Crippen MR) is 138 cm³/mol. The van der Waals surface area contributed by atoms with Gasteiger partial charge < -0.3 is 4.90 Å². The molecule has 5 rings (SSSR count). The minimum Gasteiger partial charge on any atom is -0.367 e. The van der Waals surface area contributed by atoms with E-state index in [1.807, 2.05) is 36.9 Å². The molecule has 1 saturated heterocycles. The second-order valence-electron chi connectivity index (χ2n) is 9.56. The molecule has 0 N–H and O–H groups in total. The fraction of sp³-hybridized carbons (Fsp3) is 0.310. The molecule has 3 aromatic rings. The van der Waals surface area contributed by atoms with E-state index in [4.69, 9.17) is 5.10 Å². The fourth-order valence-corrected chi connectivity index (χ4v) is 5.06. The van der Waals surface area contributed by atoms with Gasteiger partial charge in [0.25, 0.3) is 5.91 Å². The van der Waals surface area contributed by atoms with Gasteiger partial charge in [0.2, 0.25) is 0 Å². The molecule has 1 atom stereocenters. The Labute approximate surface area is 210 Å². The van der Waals surface area contributed by atoms with Gasteiger partial charge in [-0.2, -0.15) is 5.10 Å². The van der Waals surface area contributed by atoms with Crippen LogP contribution in [0.1, 0.15) is 34.7 Å². The summed E-state index contributed by atoms with van der Waals surface area (Å²) in [5, 5.41) is 6.22. The summed E-state index contributed by atoms with van der Waals surface area (Å²) >= 11 is 0. The van der Waals surface area contributed by atoms with Crippen molar-refractivity contribution in [3.05, 3.63) is 101 Å². The number of rotatable bonds is 5. The fourth-order valence-electron chi connectivity index (χ4n) is 5.06. The molecule has 7 heteroatoms. The molecular formula is C29H30F2N4O. The van der Waals surface area contributed by atoms with Crippen molar-refractivity contribution in [1.29, 1.82) is 0 Å². The lowest BCUT2D eigenvalue weighted by Gasteiger charge is -2.36. The second-order valence-corrected chi connectivity index (χ2v) is 9.56. The number of amides is 1. The molecule has 0 saturated carbocycles. The summed E-state index contributed by atoms with van der Waals surface area (Å²) in [4.78, 5) is 17.6. The molecule has 5 nitrogen and oxygen atoms in total. The standard InChI is InChI=1S/C29H30F2N4O/c1-20-11-12-21(2)23(17-20)26-18-28(22-7-3-4-8-24(22)30)35(32-26)29(36)19-33-13-15-34(16-14-33)27-10-6-5-9-25(27)31/h3-12,17,28H,13-16,18-19H2,1-2H3. The van der Waals surface area contributed by atoms with Gasteiger partial charge in [-0.3, -0.25) is 9.69 Å². The van der Waals surface area contributed by atoms with Crippen LogP contribution >= 0.6 is 0 Å². The molecule has 2 heterocycles. The van der Waals surface area contributed by atoms with Crippen LogP contribution in [0, 0.1) is 25.5 Å². The third-order valence-electron chi connectivity index (χ3n) is 7.06. The Bertz CT molecular complexity index is 1300. The van der Waals surface area contributed by atoms with Gasteiger partial charge in [0, 0.05) is 43.7 Å². The molecule has 186 valence electrons. The summed E-state index contributed by atoms with van der Waals surface area (Å²) in [5.74, 6) is -0.737. The molecule has 0 aromatic heterocycles. The number of anilines is 1. The van der Waals surface area contributed by atoms with Gasteiger partial charge in [-0.15, -0.1) is 0 Å². The number of nitrogens with zero attached hydrogens (tertiary/aromatic N) is 4. The van der Waals surface area contributed by atoms with Crippen LogP contribution in [0.3, 0.4) is 0 Å². The summed E-state index contributed by atoms with van der Waals surface area (Å²) in [5.41, 5.74) is 5.03. The van der Waals surface area contributed by atoms with Gasteiger partial charge in [-0.25, -0.2) is 13.8 Å². The number of para-hydroxylation sites is 1. The number of hydrogen-bond acceptors (Lipinski definition) is 4. The van der Waals surface area contributed by atoms with Gasteiger partial charge in [-0.05, 0) is 43.7 Å². The number of piperazine rings is 1. The maximum absolute atomic E-state index is 14.8. The van der Waals surface area contributed by atoms with E-state index in [9.17, 15) is 13.6 Å². The number of hydrogen-bond donors (Lipinski definition) is 0. The largest absolute Gasteiger partial charge is 0.367 e. The van der Waals surface area contributed by atoms with Crippen LogP contribution in [0.5, 0.6) is 0 Å². The second kappa shape index (κ2) is 10.2. The first-order valence-corrected chi connectivity index (χ1v) is 12.3. The molecule has 1 unspecified atom stereocenters. The lowest BCUT2D eigenvalue weighted by molar-refractivity contribution is -0.134. The first-order valence-electron chi connectivity index (χ1n) is 12.3. The summed E-state index contributed by atoms with van der Waals surface area (Å²) in [6, 6.07) is 19.0. The molecule has 1 amide bonds. The maximum Gasteiger partial charge on any atom is 0.257 e. The summed E-state index contributed by atoms with van der Waals surface area (Å²) in [7, 11) is 0. The minimum atomic E-state index is -0.492. The topological polar surface area (TPSA) is 39.2 Å². The van der Waals surface area contributed by atoms with E-state index >= 15 is 0 Å². The van der Waals surface area contributed by atoms with Crippen LogP contribution in [0.2, 0.25) is 0 Å². The van der Waals surface area contributed by atoms with E-state index in [-0.39, 0.29) is 24.1 Å². The average molecular weight is 489 g/mol. The molecule has 0 radical (unpaired) electrons. The number of hydrazone groups is 1. The number of halogens is 2. The number of aryl methyl sites for hydroxylation is 2. The van der Waals surface area contributed by atoms with Crippen LogP contribution < -0.4 is 4.90 Å². The SMILES string of the molecule is Cc1ccc(C)c(C2=NN(C(=O)CN3CCN(c4ccccc4F)CC3)C(c3ccccc3F)C2)c1. The van der Waals surface area contributed by atoms with Crippen LogP contribution in [0.15, 0.2) is 71.8 Å². The summed E-state index contributed by atoms with van der Waals surface area (Å²) in [6.45, 7) is 6.74. The first kappa shape index (κ1) is 24.1. The Morgan fingerprint density at radius 3 is 2.33 bits per heavy atom. The summed E-state index contributed by atoms with van der Waals surface area (Å²) in [6.07, 6.45) is 0.456. The normalized spacial score (nSPS) is 18.4. The van der Waals surface area contributed by atoms with Crippen molar-refractivity contribution in [1.82, 2.24) is 9.91 Å². The average Bonchev–Trinajstić information content (AvgIpc) is 3.32. The quantitative estimate of drug-likeness (QED) is 0.503. The molecule has 2 aliphatic rings. The molecule has 36 heavy (non-hydrogen) atoms. The van der Waals surface area contributed by atoms with Crippen molar-refractivity contribution < 1.29 is 13.6 Å². The number of benzene rings is 3. The van der Waals surface area contributed by atoms with Gasteiger partial charge in [0.1, 0.15) is 11.6 Å². The first-order chi connectivity index (χ1) is 17.4. The number of carbonyl (C=O) groups is 1. The van der Waals surface area contributed by atoms with Crippen molar-refractivity contribution in [2.75, 3.05) is 37.6 Å². The van der Waals surface area contributed by atoms with Crippen LogP contribution in [-0.4, -0.2) is 54.3 Å². The highest BCUT2D eigenvalue weighted by Gasteiger charge is 2.36. The van der Waals surface area contributed by atoms with Gasteiger partial charge in [-0.1, -0.05) is 48.0 Å². The smallest absolute Gasteiger partial charge is 0.257 e. The third-order valence-corrected chi connectivity index (χ3v) is 7.06. The Morgan fingerprint density at radius 2 is 1.61 bits per heavy atom. The van der Waals surface area contributed by atoms with Crippen molar-refractivity contribution in [2.45, 2.75) is 26.3 Å². The van der Waals surface area contributed by atoms with E-state index in [1.165, 1.54) is 17.1 Å². The van der Waals surface area contributed by atoms with Crippen molar-refractivity contribution in [3.63, 3.8) is 0 Å². The zero-order valence-electron chi connectivity index (χ0n) is 20.6. The van der Waals surface area contributed by atoms with Gasteiger partial charge >= 0.3 is 0 Å². The van der Waals surface area contributed by atoms with Crippen molar-refractivity contribution in [2.24, 2.45) is 5.10 Å². The Balaban J connectivity index is 1.34. The highest BCUT2D eigenvalue weighted by atomic mass is 19.1. The van der Waals surface area contributed by atoms with E-state index in [1.54, 1.807) is 30.3 Å². The zero-order valence-corrected chi connectivity index (χ0v) is 20.6. The van der Waals surface area contributed by atoms with E-state index < -0.39 is 6.04 Å². The molecule has 1 fully saturated rings. The van der Waals surface area contributed by atoms with E-state index in [0.29, 0.717) is 43.9 Å². The third kappa shape index (κ3) is 4.88. The highest BCUT2D eigenvalue weighted by molar-refractivity contribution is 6.04. The lowest BCUT2D eigenvalue weighted by atomic mass is 9.95. The van der Waals surface area contributed by atoms with E-state index in [0.717, 1.165) is 22.4 Å². The molecule has 0 spiro atoms. The van der Waals surface area contributed by atoms with Crippen molar-refractivity contribution >= 4 is 17.3 Å². The van der Waals surface area contributed by atoms with Crippen LogP contribution in [0.4, 0.5) is 14.5 Å². The van der Waals surface area contributed by atoms with Crippen molar-refractivity contribution in [3.8, 4) is 0 Å². The monoisotopic (exact) mass is 488 g/mol. The lowest BCUT2D eigenvalue weighted by Crippen LogP contribution is -2.49. The Morgan fingerprint density at radius 1 is 0.917 bits per heavy atom. The number of carbonyl (C=O) groups excluding carboxylic acids is 1. The summed E-state index contributed by atoms with van der Waals surface area (Å²) < 4.78 is 29.0. The molecule has 3 aromatic carbocycles. The molecule has 0 aliphatic carbocycles. The highest BCUT2D eigenvalue weighted by Crippen LogP contribution is 2.35. The molecule has 0 bridgehead atoms.